The molecule has 1 N–H and O–H groups in total. The molecule has 0 saturated heterocycles. The van der Waals surface area contributed by atoms with Gasteiger partial charge in [0, 0.05) is 24.0 Å². The summed E-state index contributed by atoms with van der Waals surface area (Å²) in [4.78, 5) is 22.3. The number of anilines is 1. The molecule has 2 aromatic heterocycles. The Balaban J connectivity index is 1.46. The number of nitrogens with zero attached hydrogens (tertiary/aromatic N) is 3. The molecule has 2 heterocycles. The van der Waals surface area contributed by atoms with Crippen molar-refractivity contribution in [1.29, 1.82) is 0 Å². The maximum Gasteiger partial charge on any atom is 0.226 e. The van der Waals surface area contributed by atoms with Gasteiger partial charge in [-0.15, -0.1) is 0 Å². The van der Waals surface area contributed by atoms with Crippen LogP contribution in [-0.4, -0.2) is 27.6 Å². The molecule has 0 aliphatic carbocycles. The van der Waals surface area contributed by atoms with Crippen LogP contribution >= 0.6 is 11.6 Å². The zero-order chi connectivity index (χ0) is 21.4. The van der Waals surface area contributed by atoms with Gasteiger partial charge in [0.25, 0.3) is 0 Å². The van der Waals surface area contributed by atoms with Crippen molar-refractivity contribution in [3.05, 3.63) is 71.8 Å². The van der Waals surface area contributed by atoms with Gasteiger partial charge in [0.1, 0.15) is 11.3 Å². The second kappa shape index (κ2) is 7.89. The van der Waals surface area contributed by atoms with Gasteiger partial charge in [-0.3, -0.25) is 4.79 Å². The Morgan fingerprint density at radius 3 is 2.55 bits per heavy atom. The van der Waals surface area contributed by atoms with Gasteiger partial charge in [-0.25, -0.2) is 9.97 Å². The SMILES string of the molecule is COc1ccc(NC(=O)CCn2c3ccccc3c3nc4ccccc4nc32)cc1Cl. The van der Waals surface area contributed by atoms with Crippen molar-refractivity contribution in [1.82, 2.24) is 14.5 Å². The molecule has 0 saturated carbocycles. The summed E-state index contributed by atoms with van der Waals surface area (Å²) in [7, 11) is 1.55. The fourth-order valence-corrected chi connectivity index (χ4v) is 4.05. The Kier molecular flexibility index (Phi) is 4.92. The number of ether oxygens (including phenoxy) is 1. The van der Waals surface area contributed by atoms with Gasteiger partial charge in [-0.1, -0.05) is 41.9 Å². The van der Waals surface area contributed by atoms with Crippen LogP contribution in [0.25, 0.3) is 33.1 Å². The molecule has 31 heavy (non-hydrogen) atoms. The highest BCUT2D eigenvalue weighted by atomic mass is 35.5. The largest absolute Gasteiger partial charge is 0.495 e. The normalized spacial score (nSPS) is 11.3. The number of hydrogen-bond donors (Lipinski definition) is 1. The van der Waals surface area contributed by atoms with Gasteiger partial charge in [0.05, 0.1) is 28.7 Å². The van der Waals surface area contributed by atoms with E-state index in [1.54, 1.807) is 25.3 Å². The summed E-state index contributed by atoms with van der Waals surface area (Å²) in [5, 5.41) is 4.37. The second-order valence-electron chi connectivity index (χ2n) is 7.20. The molecule has 7 heteroatoms. The Morgan fingerprint density at radius 1 is 1.03 bits per heavy atom. The lowest BCUT2D eigenvalue weighted by Gasteiger charge is -2.10. The summed E-state index contributed by atoms with van der Waals surface area (Å²) in [6, 6.07) is 21.0. The number of carbonyl (C=O) groups is 1. The number of methoxy groups -OCH3 is 1. The van der Waals surface area contributed by atoms with Gasteiger partial charge in [-0.05, 0) is 36.4 Å². The number of benzene rings is 3. The standard InChI is InChI=1S/C24H19ClN4O2/c1-31-21-11-10-15(14-17(21)25)26-22(30)12-13-29-20-9-5-2-6-16(20)23-24(29)28-19-8-4-3-7-18(19)27-23/h2-11,14H,12-13H2,1H3,(H,26,30). The molecule has 1 amide bonds. The highest BCUT2D eigenvalue weighted by Gasteiger charge is 2.15. The third-order valence-electron chi connectivity index (χ3n) is 5.26. The molecule has 6 nitrogen and oxygen atoms in total. The van der Waals surface area contributed by atoms with E-state index < -0.39 is 0 Å². The molecule has 0 spiro atoms. The summed E-state index contributed by atoms with van der Waals surface area (Å²) in [5.41, 5.74) is 4.94. The fourth-order valence-electron chi connectivity index (χ4n) is 3.79. The first-order valence-electron chi connectivity index (χ1n) is 9.91. The number of para-hydroxylation sites is 3. The van der Waals surface area contributed by atoms with Gasteiger partial charge in [-0.2, -0.15) is 0 Å². The molecule has 0 aliphatic rings. The fraction of sp³-hybridized carbons (Fsp3) is 0.125. The molecule has 0 atom stereocenters. The Labute approximate surface area is 183 Å². The summed E-state index contributed by atoms with van der Waals surface area (Å²) in [6.45, 7) is 0.479. The molecular formula is C24H19ClN4O2. The zero-order valence-electron chi connectivity index (χ0n) is 16.8. The van der Waals surface area contributed by atoms with Crippen LogP contribution in [0.15, 0.2) is 66.7 Å². The summed E-state index contributed by atoms with van der Waals surface area (Å²) >= 11 is 6.15. The zero-order valence-corrected chi connectivity index (χ0v) is 17.6. The third kappa shape index (κ3) is 3.55. The summed E-state index contributed by atoms with van der Waals surface area (Å²) < 4.78 is 7.21. The van der Waals surface area contributed by atoms with E-state index in [4.69, 9.17) is 26.3 Å². The Morgan fingerprint density at radius 2 is 1.77 bits per heavy atom. The molecule has 0 bridgehead atoms. The van der Waals surface area contributed by atoms with Crippen molar-refractivity contribution in [2.45, 2.75) is 13.0 Å². The number of fused-ring (bicyclic) bond motifs is 4. The number of hydrogen-bond acceptors (Lipinski definition) is 4. The third-order valence-corrected chi connectivity index (χ3v) is 5.55. The van der Waals surface area contributed by atoms with E-state index in [0.29, 0.717) is 23.0 Å². The van der Waals surface area contributed by atoms with Gasteiger partial charge < -0.3 is 14.6 Å². The van der Waals surface area contributed by atoms with Crippen molar-refractivity contribution >= 4 is 56.3 Å². The minimum Gasteiger partial charge on any atom is -0.495 e. The quantitative estimate of drug-likeness (QED) is 0.403. The van der Waals surface area contributed by atoms with Crippen LogP contribution in [-0.2, 0) is 11.3 Å². The molecule has 0 fully saturated rings. The van der Waals surface area contributed by atoms with Crippen molar-refractivity contribution < 1.29 is 9.53 Å². The van der Waals surface area contributed by atoms with Crippen LogP contribution in [0.2, 0.25) is 5.02 Å². The van der Waals surface area contributed by atoms with Crippen molar-refractivity contribution in [2.24, 2.45) is 0 Å². The predicted molar refractivity (Wildman–Crippen MR) is 124 cm³/mol. The number of halogens is 1. The Hall–Kier alpha value is -3.64. The van der Waals surface area contributed by atoms with E-state index in [1.165, 1.54) is 0 Å². The minimum atomic E-state index is -0.110. The molecule has 5 rings (SSSR count). The average molecular weight is 431 g/mol. The van der Waals surface area contributed by atoms with E-state index in [9.17, 15) is 4.79 Å². The molecule has 154 valence electrons. The molecule has 0 unspecified atom stereocenters. The van der Waals surface area contributed by atoms with Crippen molar-refractivity contribution in [3.63, 3.8) is 0 Å². The maximum atomic E-state index is 12.6. The molecule has 0 radical (unpaired) electrons. The molecule has 5 aromatic rings. The minimum absolute atomic E-state index is 0.110. The first-order valence-corrected chi connectivity index (χ1v) is 10.3. The lowest BCUT2D eigenvalue weighted by Crippen LogP contribution is -2.14. The van der Waals surface area contributed by atoms with Gasteiger partial charge in [0.15, 0.2) is 5.65 Å². The molecule has 3 aromatic carbocycles. The van der Waals surface area contributed by atoms with Crippen LogP contribution in [0.5, 0.6) is 5.75 Å². The first-order chi connectivity index (χ1) is 15.1. The summed E-state index contributed by atoms with van der Waals surface area (Å²) in [6.07, 6.45) is 0.284. The predicted octanol–water partition coefficient (Wildman–Crippen LogP) is 5.43. The van der Waals surface area contributed by atoms with Gasteiger partial charge >= 0.3 is 0 Å². The first kappa shape index (κ1) is 19.3. The smallest absolute Gasteiger partial charge is 0.226 e. The average Bonchev–Trinajstić information content (AvgIpc) is 3.09. The van der Waals surface area contributed by atoms with Gasteiger partial charge in [0.2, 0.25) is 5.91 Å². The maximum absolute atomic E-state index is 12.6. The number of amides is 1. The topological polar surface area (TPSA) is 69.0 Å². The van der Waals surface area contributed by atoms with E-state index in [2.05, 4.69) is 9.88 Å². The lowest BCUT2D eigenvalue weighted by molar-refractivity contribution is -0.116. The number of carbonyl (C=O) groups excluding carboxylic acids is 1. The van der Waals surface area contributed by atoms with Crippen LogP contribution in [0.1, 0.15) is 6.42 Å². The van der Waals surface area contributed by atoms with E-state index in [0.717, 1.165) is 33.1 Å². The van der Waals surface area contributed by atoms with Crippen LogP contribution in [0, 0.1) is 0 Å². The van der Waals surface area contributed by atoms with Crippen LogP contribution in [0.3, 0.4) is 0 Å². The number of aryl methyl sites for hydroxylation is 1. The van der Waals surface area contributed by atoms with Crippen LogP contribution < -0.4 is 10.1 Å². The lowest BCUT2D eigenvalue weighted by atomic mass is 10.2. The molecule has 0 aliphatic heterocycles. The number of nitrogens with one attached hydrogen (secondary N) is 1. The highest BCUT2D eigenvalue weighted by Crippen LogP contribution is 2.29. The number of aromatic nitrogens is 3. The molecular weight excluding hydrogens is 412 g/mol. The van der Waals surface area contributed by atoms with Crippen molar-refractivity contribution in [2.75, 3.05) is 12.4 Å². The van der Waals surface area contributed by atoms with E-state index >= 15 is 0 Å². The highest BCUT2D eigenvalue weighted by molar-refractivity contribution is 6.32. The van der Waals surface area contributed by atoms with E-state index in [-0.39, 0.29) is 12.3 Å². The van der Waals surface area contributed by atoms with Crippen LogP contribution in [0.4, 0.5) is 5.69 Å². The number of rotatable bonds is 5. The van der Waals surface area contributed by atoms with Crippen molar-refractivity contribution in [3.8, 4) is 5.75 Å². The Bertz CT molecular complexity index is 1440. The van der Waals surface area contributed by atoms with E-state index in [1.807, 2.05) is 48.5 Å². The summed E-state index contributed by atoms with van der Waals surface area (Å²) in [5.74, 6) is 0.455. The second-order valence-corrected chi connectivity index (χ2v) is 7.61. The monoisotopic (exact) mass is 430 g/mol.